The Morgan fingerprint density at radius 3 is 2.47 bits per heavy atom. The van der Waals surface area contributed by atoms with Gasteiger partial charge in [0.05, 0.1) is 10.9 Å². The molecule has 2 N–H and O–H groups in total. The van der Waals surface area contributed by atoms with Crippen LogP contribution in [0.15, 0.2) is 33.5 Å². The molecule has 1 heterocycles. The number of fused-ring (bicyclic) bond motifs is 1. The van der Waals surface area contributed by atoms with E-state index in [4.69, 9.17) is 10.2 Å². The Morgan fingerprint density at radius 1 is 1.27 bits per heavy atom. The van der Waals surface area contributed by atoms with Gasteiger partial charge in [-0.3, -0.25) is 4.79 Å². The third kappa shape index (κ3) is 1.40. The van der Waals surface area contributed by atoms with Crippen molar-refractivity contribution in [1.82, 2.24) is 0 Å². The van der Waals surface area contributed by atoms with Crippen LogP contribution in [0, 0.1) is 6.92 Å². The molecule has 0 radical (unpaired) electrons. The molecule has 0 unspecified atom stereocenters. The van der Waals surface area contributed by atoms with E-state index >= 15 is 0 Å². The fourth-order valence-electron chi connectivity index (χ4n) is 1.62. The highest BCUT2D eigenvalue weighted by Gasteiger charge is 2.14. The number of carbonyl (C=O) groups excluding carboxylic acids is 1. The molecule has 1 amide bonds. The normalized spacial score (nSPS) is 10.5. The molecule has 15 heavy (non-hydrogen) atoms. The Hall–Kier alpha value is -2.10. The van der Waals surface area contributed by atoms with Crippen LogP contribution in [0.5, 0.6) is 0 Å². The van der Waals surface area contributed by atoms with Crippen LogP contribution in [-0.2, 0) is 0 Å². The summed E-state index contributed by atoms with van der Waals surface area (Å²) in [6.07, 6.45) is 0. The molecule has 4 nitrogen and oxygen atoms in total. The average molecular weight is 203 g/mol. The van der Waals surface area contributed by atoms with Crippen molar-refractivity contribution in [3.8, 4) is 0 Å². The predicted molar refractivity (Wildman–Crippen MR) is 55.7 cm³/mol. The standard InChI is InChI=1S/C11H9NO3/c1-6-9(10(12)13)7-4-2-3-5-8(7)11(14)15-6/h2-5H,1H3,(H2,12,13). The van der Waals surface area contributed by atoms with E-state index < -0.39 is 11.5 Å². The molecule has 0 bridgehead atoms. The molecule has 1 aromatic heterocycles. The van der Waals surface area contributed by atoms with Gasteiger partial charge in [-0.05, 0) is 13.0 Å². The van der Waals surface area contributed by atoms with Crippen LogP contribution < -0.4 is 11.4 Å². The predicted octanol–water partition coefficient (Wildman–Crippen LogP) is 1.20. The molecular formula is C11H9NO3. The SMILES string of the molecule is Cc1oc(=O)c2ccccc2c1C(N)=O. The highest BCUT2D eigenvalue weighted by molar-refractivity contribution is 6.06. The molecule has 76 valence electrons. The van der Waals surface area contributed by atoms with Crippen molar-refractivity contribution < 1.29 is 9.21 Å². The number of rotatable bonds is 1. The maximum atomic E-state index is 11.5. The fraction of sp³-hybridized carbons (Fsp3) is 0.0909. The van der Waals surface area contributed by atoms with Crippen molar-refractivity contribution in [1.29, 1.82) is 0 Å². The van der Waals surface area contributed by atoms with E-state index in [1.807, 2.05) is 0 Å². The van der Waals surface area contributed by atoms with Gasteiger partial charge in [-0.2, -0.15) is 0 Å². The van der Waals surface area contributed by atoms with Crippen molar-refractivity contribution in [2.45, 2.75) is 6.92 Å². The molecule has 0 saturated carbocycles. The van der Waals surface area contributed by atoms with Gasteiger partial charge >= 0.3 is 5.63 Å². The summed E-state index contributed by atoms with van der Waals surface area (Å²) in [5, 5.41) is 0.913. The number of carbonyl (C=O) groups is 1. The Labute approximate surface area is 85.3 Å². The highest BCUT2D eigenvalue weighted by atomic mass is 16.4. The highest BCUT2D eigenvalue weighted by Crippen LogP contribution is 2.18. The van der Waals surface area contributed by atoms with E-state index in [2.05, 4.69) is 0 Å². The topological polar surface area (TPSA) is 73.3 Å². The summed E-state index contributed by atoms with van der Waals surface area (Å²) in [4.78, 5) is 22.7. The molecule has 0 aliphatic heterocycles. The first-order chi connectivity index (χ1) is 7.11. The van der Waals surface area contributed by atoms with E-state index in [0.29, 0.717) is 10.8 Å². The van der Waals surface area contributed by atoms with Gasteiger partial charge < -0.3 is 10.2 Å². The van der Waals surface area contributed by atoms with Crippen molar-refractivity contribution >= 4 is 16.7 Å². The molecule has 0 atom stereocenters. The minimum absolute atomic E-state index is 0.256. The first-order valence-corrected chi connectivity index (χ1v) is 4.43. The smallest absolute Gasteiger partial charge is 0.343 e. The first-order valence-electron chi connectivity index (χ1n) is 4.43. The van der Waals surface area contributed by atoms with Crippen molar-refractivity contribution in [2.75, 3.05) is 0 Å². The van der Waals surface area contributed by atoms with Crippen LogP contribution in [0.25, 0.3) is 10.8 Å². The van der Waals surface area contributed by atoms with Gasteiger partial charge in [0, 0.05) is 5.39 Å². The van der Waals surface area contributed by atoms with E-state index in [-0.39, 0.29) is 11.3 Å². The molecule has 0 aliphatic rings. The number of hydrogen-bond donors (Lipinski definition) is 1. The van der Waals surface area contributed by atoms with Gasteiger partial charge in [0.2, 0.25) is 0 Å². The van der Waals surface area contributed by atoms with Gasteiger partial charge in [0.25, 0.3) is 5.91 Å². The lowest BCUT2D eigenvalue weighted by Gasteiger charge is -2.04. The maximum Gasteiger partial charge on any atom is 0.343 e. The molecule has 0 fully saturated rings. The zero-order chi connectivity index (χ0) is 11.0. The van der Waals surface area contributed by atoms with Crippen LogP contribution >= 0.6 is 0 Å². The molecule has 2 aromatic rings. The second-order valence-corrected chi connectivity index (χ2v) is 3.23. The largest absolute Gasteiger partial charge is 0.427 e. The van der Waals surface area contributed by atoms with Gasteiger partial charge in [0.15, 0.2) is 0 Å². The average Bonchev–Trinajstić information content (AvgIpc) is 2.17. The van der Waals surface area contributed by atoms with E-state index in [0.717, 1.165) is 0 Å². The van der Waals surface area contributed by atoms with Crippen LogP contribution in [0.4, 0.5) is 0 Å². The van der Waals surface area contributed by atoms with Crippen LogP contribution in [0.1, 0.15) is 16.1 Å². The number of hydrogen-bond acceptors (Lipinski definition) is 3. The number of benzene rings is 1. The summed E-state index contributed by atoms with van der Waals surface area (Å²) in [5.74, 6) is -0.335. The monoisotopic (exact) mass is 203 g/mol. The summed E-state index contributed by atoms with van der Waals surface area (Å²) in [7, 11) is 0. The van der Waals surface area contributed by atoms with E-state index in [1.54, 1.807) is 31.2 Å². The summed E-state index contributed by atoms with van der Waals surface area (Å²) in [6.45, 7) is 1.55. The Bertz CT molecular complexity index is 598. The molecular weight excluding hydrogens is 194 g/mol. The minimum atomic E-state index is -0.590. The number of amides is 1. The van der Waals surface area contributed by atoms with Gasteiger partial charge in [-0.1, -0.05) is 18.2 Å². The molecule has 2 rings (SSSR count). The third-order valence-electron chi connectivity index (χ3n) is 2.26. The number of aryl methyl sites for hydroxylation is 1. The Balaban J connectivity index is 3.03. The zero-order valence-electron chi connectivity index (χ0n) is 8.11. The van der Waals surface area contributed by atoms with E-state index in [1.165, 1.54) is 0 Å². The lowest BCUT2D eigenvalue weighted by molar-refractivity contribution is 0.0999. The van der Waals surface area contributed by atoms with E-state index in [9.17, 15) is 9.59 Å². The lowest BCUT2D eigenvalue weighted by atomic mass is 10.1. The quantitative estimate of drug-likeness (QED) is 0.756. The van der Waals surface area contributed by atoms with Crippen LogP contribution in [-0.4, -0.2) is 5.91 Å². The van der Waals surface area contributed by atoms with Crippen LogP contribution in [0.3, 0.4) is 0 Å². The van der Waals surface area contributed by atoms with Crippen molar-refractivity contribution in [2.24, 2.45) is 5.73 Å². The summed E-state index contributed by atoms with van der Waals surface area (Å²) < 4.78 is 4.93. The second-order valence-electron chi connectivity index (χ2n) is 3.23. The maximum absolute atomic E-state index is 11.5. The third-order valence-corrected chi connectivity index (χ3v) is 2.26. The Morgan fingerprint density at radius 2 is 1.87 bits per heavy atom. The van der Waals surface area contributed by atoms with Crippen molar-refractivity contribution in [3.05, 3.63) is 46.0 Å². The summed E-state index contributed by atoms with van der Waals surface area (Å²) >= 11 is 0. The molecule has 4 heteroatoms. The summed E-state index contributed by atoms with van der Waals surface area (Å²) in [6, 6.07) is 6.74. The van der Waals surface area contributed by atoms with Gasteiger partial charge in [-0.25, -0.2) is 4.79 Å². The number of nitrogens with two attached hydrogens (primary N) is 1. The second kappa shape index (κ2) is 3.24. The lowest BCUT2D eigenvalue weighted by Crippen LogP contribution is -2.16. The van der Waals surface area contributed by atoms with Crippen LogP contribution in [0.2, 0.25) is 0 Å². The zero-order valence-corrected chi connectivity index (χ0v) is 8.11. The fourth-order valence-corrected chi connectivity index (χ4v) is 1.62. The van der Waals surface area contributed by atoms with Gasteiger partial charge in [0.1, 0.15) is 5.76 Å². The molecule has 0 saturated heterocycles. The molecule has 0 aliphatic carbocycles. The van der Waals surface area contributed by atoms with Crippen molar-refractivity contribution in [3.63, 3.8) is 0 Å². The summed E-state index contributed by atoms with van der Waals surface area (Å²) in [5.41, 5.74) is 5.05. The minimum Gasteiger partial charge on any atom is -0.427 e. The van der Waals surface area contributed by atoms with Gasteiger partial charge in [-0.15, -0.1) is 0 Å². The molecule has 0 spiro atoms. The molecule has 1 aromatic carbocycles. The first kappa shape index (κ1) is 9.45. The Kier molecular flexibility index (Phi) is 2.04. The number of primary amides is 1.